The van der Waals surface area contributed by atoms with Crippen LogP contribution < -0.4 is 5.56 Å². The van der Waals surface area contributed by atoms with E-state index in [1.807, 2.05) is 19.9 Å². The Labute approximate surface area is 115 Å². The molecule has 1 heterocycles. The Balaban J connectivity index is 0.000000612. The van der Waals surface area contributed by atoms with Crippen LogP contribution >= 0.6 is 0 Å². The molecule has 0 amide bonds. The molecule has 0 aliphatic carbocycles. The van der Waals surface area contributed by atoms with Crippen LogP contribution in [0.3, 0.4) is 0 Å². The largest absolute Gasteiger partial charge is 0.373 e. The zero-order valence-electron chi connectivity index (χ0n) is 11.2. The highest BCUT2D eigenvalue weighted by Gasteiger charge is 2.06. The van der Waals surface area contributed by atoms with E-state index < -0.39 is 0 Å². The normalized spacial score (nSPS) is 9.35. The molecular weight excluding hydrogens is 261 g/mol. The molecule has 0 fully saturated rings. The highest BCUT2D eigenvalue weighted by molar-refractivity contribution is 5.35. The van der Waals surface area contributed by atoms with Gasteiger partial charge in [0.2, 0.25) is 0 Å². The van der Waals surface area contributed by atoms with Crippen molar-refractivity contribution in [2.75, 3.05) is 0 Å². The predicted molar refractivity (Wildman–Crippen MR) is 71.1 cm³/mol. The first-order valence-electron chi connectivity index (χ1n) is 6.01. The molecule has 0 N–H and O–H groups in total. The SMILES string of the molecule is CCc1c(C)ccn(-c2ccc(F)cc2)c1=O.O=C=O. The van der Waals surface area contributed by atoms with E-state index in [-0.39, 0.29) is 17.5 Å². The van der Waals surface area contributed by atoms with Crippen LogP contribution in [0.2, 0.25) is 0 Å². The summed E-state index contributed by atoms with van der Waals surface area (Å²) in [5.74, 6) is -0.301. The van der Waals surface area contributed by atoms with Gasteiger partial charge in [0.15, 0.2) is 0 Å². The summed E-state index contributed by atoms with van der Waals surface area (Å²) in [6.45, 7) is 3.88. The zero-order chi connectivity index (χ0) is 15.1. The number of aryl methyl sites for hydroxylation is 1. The minimum absolute atomic E-state index is 0.0286. The van der Waals surface area contributed by atoms with Crippen LogP contribution in [0.5, 0.6) is 0 Å². The molecule has 0 radical (unpaired) electrons. The fraction of sp³-hybridized carbons (Fsp3) is 0.200. The lowest BCUT2D eigenvalue weighted by molar-refractivity contribution is -0.191. The third kappa shape index (κ3) is 3.49. The molecule has 0 aliphatic heterocycles. The Bertz CT molecular complexity index is 669. The van der Waals surface area contributed by atoms with Gasteiger partial charge in [0.1, 0.15) is 5.82 Å². The molecule has 104 valence electrons. The second-order valence-electron chi connectivity index (χ2n) is 4.07. The first-order chi connectivity index (χ1) is 9.54. The Morgan fingerprint density at radius 3 is 2.20 bits per heavy atom. The highest BCUT2D eigenvalue weighted by Crippen LogP contribution is 2.09. The molecule has 2 aromatic rings. The van der Waals surface area contributed by atoms with E-state index in [1.54, 1.807) is 22.9 Å². The third-order valence-electron chi connectivity index (χ3n) is 2.88. The lowest BCUT2D eigenvalue weighted by atomic mass is 10.1. The van der Waals surface area contributed by atoms with Crippen molar-refractivity contribution in [1.82, 2.24) is 4.57 Å². The summed E-state index contributed by atoms with van der Waals surface area (Å²) < 4.78 is 14.4. The number of hydrogen-bond donors (Lipinski definition) is 0. The molecule has 0 unspecified atom stereocenters. The molecule has 0 saturated heterocycles. The first-order valence-corrected chi connectivity index (χ1v) is 6.01. The topological polar surface area (TPSA) is 56.1 Å². The minimum atomic E-state index is -0.301. The van der Waals surface area contributed by atoms with Crippen molar-refractivity contribution < 1.29 is 14.0 Å². The molecule has 4 nitrogen and oxygen atoms in total. The van der Waals surface area contributed by atoms with E-state index in [0.717, 1.165) is 11.1 Å². The second kappa shape index (κ2) is 7.16. The van der Waals surface area contributed by atoms with Crippen molar-refractivity contribution in [3.63, 3.8) is 0 Å². The van der Waals surface area contributed by atoms with Crippen LogP contribution in [-0.2, 0) is 16.0 Å². The number of hydrogen-bond acceptors (Lipinski definition) is 3. The quantitative estimate of drug-likeness (QED) is 0.844. The van der Waals surface area contributed by atoms with Gasteiger partial charge in [-0.2, -0.15) is 9.59 Å². The van der Waals surface area contributed by atoms with Crippen LogP contribution in [0.15, 0.2) is 41.3 Å². The molecule has 5 heteroatoms. The zero-order valence-corrected chi connectivity index (χ0v) is 11.2. The standard InChI is InChI=1S/C14H14FNO.CO2/c1-3-13-10(2)8-9-16(14(13)17)12-6-4-11(15)5-7-12;2-1-3/h4-9H,3H2,1-2H3;. The van der Waals surface area contributed by atoms with Gasteiger partial charge in [0.25, 0.3) is 5.56 Å². The van der Waals surface area contributed by atoms with E-state index in [9.17, 15) is 9.18 Å². The van der Waals surface area contributed by atoms with Crippen LogP contribution in [0.1, 0.15) is 18.1 Å². The Hall–Kier alpha value is -2.52. The fourth-order valence-electron chi connectivity index (χ4n) is 1.90. The molecule has 1 aromatic heterocycles. The van der Waals surface area contributed by atoms with Gasteiger partial charge in [-0.3, -0.25) is 9.36 Å². The smallest absolute Gasteiger partial charge is 0.284 e. The summed E-state index contributed by atoms with van der Waals surface area (Å²) in [4.78, 5) is 28.4. The van der Waals surface area contributed by atoms with Crippen LogP contribution in [0.4, 0.5) is 4.39 Å². The van der Waals surface area contributed by atoms with Crippen molar-refractivity contribution in [2.45, 2.75) is 20.3 Å². The molecular formula is C15H14FNO3. The fourth-order valence-corrected chi connectivity index (χ4v) is 1.90. The van der Waals surface area contributed by atoms with Crippen LogP contribution in [0, 0.1) is 12.7 Å². The van der Waals surface area contributed by atoms with E-state index in [4.69, 9.17) is 9.59 Å². The summed E-state index contributed by atoms with van der Waals surface area (Å²) in [5, 5.41) is 0. The number of carbonyl (C=O) groups excluding carboxylic acids is 2. The highest BCUT2D eigenvalue weighted by atomic mass is 19.1. The minimum Gasteiger partial charge on any atom is -0.284 e. The maximum atomic E-state index is 12.8. The summed E-state index contributed by atoms with van der Waals surface area (Å²) >= 11 is 0. The van der Waals surface area contributed by atoms with Gasteiger partial charge >= 0.3 is 6.15 Å². The average Bonchev–Trinajstić information content (AvgIpc) is 2.42. The monoisotopic (exact) mass is 275 g/mol. The summed E-state index contributed by atoms with van der Waals surface area (Å²) in [6.07, 6.45) is 2.68. The van der Waals surface area contributed by atoms with Gasteiger partial charge < -0.3 is 0 Å². The maximum absolute atomic E-state index is 12.8. The Morgan fingerprint density at radius 1 is 1.15 bits per heavy atom. The number of benzene rings is 1. The van der Waals surface area contributed by atoms with Crippen molar-refractivity contribution in [1.29, 1.82) is 0 Å². The van der Waals surface area contributed by atoms with Crippen molar-refractivity contribution in [3.8, 4) is 5.69 Å². The van der Waals surface area contributed by atoms with Gasteiger partial charge in [0, 0.05) is 17.4 Å². The maximum Gasteiger partial charge on any atom is 0.373 e. The molecule has 0 bridgehead atoms. The first kappa shape index (κ1) is 15.5. The van der Waals surface area contributed by atoms with Gasteiger partial charge in [0.05, 0.1) is 0 Å². The average molecular weight is 275 g/mol. The summed E-state index contributed by atoms with van der Waals surface area (Å²) in [7, 11) is 0. The lowest BCUT2D eigenvalue weighted by Crippen LogP contribution is -2.22. The molecule has 1 aromatic carbocycles. The van der Waals surface area contributed by atoms with E-state index in [2.05, 4.69) is 0 Å². The van der Waals surface area contributed by atoms with Crippen molar-refractivity contribution >= 4 is 6.15 Å². The Kier molecular flexibility index (Phi) is 5.56. The predicted octanol–water partition coefficient (Wildman–Crippen LogP) is 2.26. The van der Waals surface area contributed by atoms with Gasteiger partial charge in [-0.1, -0.05) is 6.92 Å². The van der Waals surface area contributed by atoms with Crippen molar-refractivity contribution in [3.05, 3.63) is 63.8 Å². The number of pyridine rings is 1. The molecule has 0 aliphatic rings. The molecule has 20 heavy (non-hydrogen) atoms. The number of nitrogens with zero attached hydrogens (tertiary/aromatic N) is 1. The second-order valence-corrected chi connectivity index (χ2v) is 4.07. The Morgan fingerprint density at radius 2 is 1.70 bits per heavy atom. The van der Waals surface area contributed by atoms with Gasteiger partial charge in [-0.25, -0.2) is 4.39 Å². The summed E-state index contributed by atoms with van der Waals surface area (Å²) in [5.41, 5.74) is 2.46. The van der Waals surface area contributed by atoms with Crippen molar-refractivity contribution in [2.24, 2.45) is 0 Å². The van der Waals surface area contributed by atoms with Crippen LogP contribution in [-0.4, -0.2) is 10.7 Å². The lowest BCUT2D eigenvalue weighted by Gasteiger charge is -2.09. The van der Waals surface area contributed by atoms with E-state index >= 15 is 0 Å². The molecule has 2 rings (SSSR count). The summed E-state index contributed by atoms with van der Waals surface area (Å²) in [6, 6.07) is 7.82. The van der Waals surface area contributed by atoms with Crippen LogP contribution in [0.25, 0.3) is 5.69 Å². The van der Waals surface area contributed by atoms with E-state index in [0.29, 0.717) is 12.1 Å². The number of rotatable bonds is 2. The van der Waals surface area contributed by atoms with Gasteiger partial charge in [-0.05, 0) is 49.2 Å². The molecule has 0 atom stereocenters. The van der Waals surface area contributed by atoms with E-state index in [1.165, 1.54) is 12.1 Å². The molecule has 0 saturated carbocycles. The van der Waals surface area contributed by atoms with Gasteiger partial charge in [-0.15, -0.1) is 0 Å². The third-order valence-corrected chi connectivity index (χ3v) is 2.88. The number of aromatic nitrogens is 1. The molecule has 0 spiro atoms. The number of halogens is 1.